The van der Waals surface area contributed by atoms with Gasteiger partial charge in [-0.05, 0) is 41.5 Å². The van der Waals surface area contributed by atoms with Crippen LogP contribution in [0.15, 0.2) is 182 Å². The second-order valence-electron chi connectivity index (χ2n) is 16.9. The number of hydrogen-bond acceptors (Lipinski definition) is 6. The minimum atomic E-state index is 0.531. The standard InChI is InChI=1S/C54H40B5N7/c55-44-43(45(56)47(58)48(59)46(44)57)54-64-51(35-26-24-32(25-27-35)31-14-4-1-5-15-31)61-52(65-54)36-28-29-42(66-40-22-12-10-20-37(40)38-21-11-13-23-41(38)66)39(30-36)53-62-49(33-16-6-2-7-17-33)60-50(63-53)34-18-8-3-9-19-34/h1-30H,55-59H2. The van der Waals surface area contributed by atoms with Crippen LogP contribution in [-0.4, -0.2) is 73.7 Å². The molecular formula is C54H40B5N7. The zero-order chi connectivity index (χ0) is 44.9. The first-order valence-electron chi connectivity index (χ1n) is 22.3. The topological polar surface area (TPSA) is 82.3 Å². The van der Waals surface area contributed by atoms with Gasteiger partial charge in [-0.3, -0.25) is 0 Å². The van der Waals surface area contributed by atoms with Crippen molar-refractivity contribution in [3.05, 3.63) is 182 Å². The van der Waals surface area contributed by atoms with E-state index in [2.05, 4.69) is 159 Å². The van der Waals surface area contributed by atoms with Crippen molar-refractivity contribution in [3.8, 4) is 85.1 Å². The highest BCUT2D eigenvalue weighted by Crippen LogP contribution is 2.38. The molecule has 0 aliphatic rings. The molecule has 3 aromatic heterocycles. The molecule has 0 aliphatic heterocycles. The first-order chi connectivity index (χ1) is 32.3. The molecule has 0 amide bonds. The Labute approximate surface area is 388 Å². The van der Waals surface area contributed by atoms with Gasteiger partial charge in [0.25, 0.3) is 0 Å². The lowest BCUT2D eigenvalue weighted by molar-refractivity contribution is 1.06. The second kappa shape index (κ2) is 16.8. The molecule has 0 atom stereocenters. The Morgan fingerprint density at radius 1 is 0.288 bits per heavy atom. The average molecular weight is 841 g/mol. The fraction of sp³-hybridized carbons (Fsp3) is 0. The minimum absolute atomic E-state index is 0.531. The summed E-state index contributed by atoms with van der Waals surface area (Å²) in [6, 6.07) is 62.6. The van der Waals surface area contributed by atoms with Crippen molar-refractivity contribution in [3.63, 3.8) is 0 Å². The van der Waals surface area contributed by atoms with Crippen LogP contribution >= 0.6 is 0 Å². The Bertz CT molecular complexity index is 3500. The van der Waals surface area contributed by atoms with Crippen molar-refractivity contribution in [1.82, 2.24) is 34.5 Å². The fourth-order valence-electron chi connectivity index (χ4n) is 9.18. The van der Waals surface area contributed by atoms with Crippen LogP contribution in [0.1, 0.15) is 0 Å². The Morgan fingerprint density at radius 2 is 0.636 bits per heavy atom. The zero-order valence-electron chi connectivity index (χ0n) is 37.5. The summed E-state index contributed by atoms with van der Waals surface area (Å²) in [6.07, 6.45) is 0. The summed E-state index contributed by atoms with van der Waals surface area (Å²) in [4.78, 5) is 31.6. The quantitative estimate of drug-likeness (QED) is 0.215. The van der Waals surface area contributed by atoms with Gasteiger partial charge in [-0.15, -0.1) is 16.4 Å². The van der Waals surface area contributed by atoms with Crippen LogP contribution in [0.5, 0.6) is 0 Å². The maximum Gasteiger partial charge on any atom is 0.166 e. The molecule has 0 saturated heterocycles. The molecule has 11 aromatic rings. The number of rotatable bonds is 8. The Hall–Kier alpha value is -8.10. The molecule has 0 aliphatic carbocycles. The average Bonchev–Trinajstić information content (AvgIpc) is 3.72. The lowest BCUT2D eigenvalue weighted by Gasteiger charge is -2.20. The van der Waals surface area contributed by atoms with Gasteiger partial charge < -0.3 is 4.57 Å². The van der Waals surface area contributed by atoms with Crippen molar-refractivity contribution in [2.75, 3.05) is 0 Å². The summed E-state index contributed by atoms with van der Waals surface area (Å²) < 4.78 is 2.32. The molecule has 66 heavy (non-hydrogen) atoms. The highest BCUT2D eigenvalue weighted by molar-refractivity contribution is 6.68. The van der Waals surface area contributed by atoms with Crippen LogP contribution in [-0.2, 0) is 0 Å². The zero-order valence-corrected chi connectivity index (χ0v) is 37.5. The van der Waals surface area contributed by atoms with E-state index in [0.717, 1.165) is 82.9 Å². The predicted molar refractivity (Wildman–Crippen MR) is 286 cm³/mol. The van der Waals surface area contributed by atoms with Gasteiger partial charge >= 0.3 is 0 Å². The van der Waals surface area contributed by atoms with Crippen LogP contribution in [0.4, 0.5) is 0 Å². The molecule has 8 aromatic carbocycles. The molecule has 0 fully saturated rings. The van der Waals surface area contributed by atoms with E-state index in [-0.39, 0.29) is 0 Å². The van der Waals surface area contributed by atoms with Gasteiger partial charge in [0.15, 0.2) is 34.9 Å². The molecule has 0 bridgehead atoms. The number of aromatic nitrogens is 7. The Balaban J connectivity index is 1.19. The number of nitrogens with zero attached hydrogens (tertiary/aromatic N) is 7. The van der Waals surface area contributed by atoms with Crippen LogP contribution in [0, 0.1) is 0 Å². The molecule has 3 heterocycles. The molecular weight excluding hydrogens is 801 g/mol. The smallest absolute Gasteiger partial charge is 0.166 e. The SMILES string of the molecule is Bc1c(B)c(B)c(-c2nc(-c3ccc(-c4ccccc4)cc3)nc(-c3ccc(-n4c5ccccc5c5ccccc54)c(-c4nc(-c5ccccc5)nc(-c5ccccc5)n4)c3)n2)c(B)c1B. The summed E-state index contributed by atoms with van der Waals surface area (Å²) >= 11 is 0. The van der Waals surface area contributed by atoms with E-state index in [9.17, 15) is 0 Å². The summed E-state index contributed by atoms with van der Waals surface area (Å²) in [5.74, 6) is 3.47. The first-order valence-corrected chi connectivity index (χ1v) is 22.3. The van der Waals surface area contributed by atoms with Gasteiger partial charge in [-0.1, -0.05) is 163 Å². The third-order valence-corrected chi connectivity index (χ3v) is 13.1. The van der Waals surface area contributed by atoms with Crippen LogP contribution in [0.2, 0.25) is 0 Å². The largest absolute Gasteiger partial charge is 0.309 e. The lowest BCUT2D eigenvalue weighted by Crippen LogP contribution is -2.55. The molecule has 0 radical (unpaired) electrons. The molecule has 11 rings (SSSR count). The lowest BCUT2D eigenvalue weighted by atomic mass is 9.60. The first kappa shape index (κ1) is 40.7. The van der Waals surface area contributed by atoms with E-state index in [0.29, 0.717) is 34.9 Å². The molecule has 0 spiro atoms. The van der Waals surface area contributed by atoms with E-state index >= 15 is 0 Å². The number of benzene rings is 8. The highest BCUT2D eigenvalue weighted by Gasteiger charge is 2.23. The summed E-state index contributed by atoms with van der Waals surface area (Å²) in [6.45, 7) is 0. The van der Waals surface area contributed by atoms with Crippen molar-refractivity contribution in [2.24, 2.45) is 0 Å². The summed E-state index contributed by atoms with van der Waals surface area (Å²) in [5.41, 5.74) is 16.8. The van der Waals surface area contributed by atoms with E-state index in [1.54, 1.807) is 0 Å². The maximum absolute atomic E-state index is 5.37. The fourth-order valence-corrected chi connectivity index (χ4v) is 9.18. The van der Waals surface area contributed by atoms with Gasteiger partial charge in [0.05, 0.1) is 16.7 Å². The van der Waals surface area contributed by atoms with E-state index in [4.69, 9.17) is 29.9 Å². The third kappa shape index (κ3) is 7.21. The number of para-hydroxylation sites is 2. The van der Waals surface area contributed by atoms with E-state index < -0.39 is 0 Å². The van der Waals surface area contributed by atoms with Gasteiger partial charge in [0.1, 0.15) is 39.2 Å². The predicted octanol–water partition coefficient (Wildman–Crippen LogP) is 4.11. The van der Waals surface area contributed by atoms with E-state index in [1.807, 2.05) is 66.7 Å². The number of fused-ring (bicyclic) bond motifs is 3. The Morgan fingerprint density at radius 3 is 1.15 bits per heavy atom. The molecule has 7 nitrogen and oxygen atoms in total. The highest BCUT2D eigenvalue weighted by atomic mass is 15.1. The Kier molecular flexibility index (Phi) is 10.3. The maximum atomic E-state index is 5.37. The van der Waals surface area contributed by atoms with Crippen molar-refractivity contribution in [2.45, 2.75) is 0 Å². The van der Waals surface area contributed by atoms with Crippen molar-refractivity contribution < 1.29 is 0 Å². The van der Waals surface area contributed by atoms with Gasteiger partial charge in [-0.25, -0.2) is 29.9 Å². The van der Waals surface area contributed by atoms with Crippen LogP contribution in [0.25, 0.3) is 107 Å². The van der Waals surface area contributed by atoms with Gasteiger partial charge in [-0.2, -0.15) is 0 Å². The van der Waals surface area contributed by atoms with Crippen LogP contribution in [0.3, 0.4) is 0 Å². The summed E-state index contributed by atoms with van der Waals surface area (Å²) in [7, 11) is 10.9. The minimum Gasteiger partial charge on any atom is -0.309 e. The van der Waals surface area contributed by atoms with Crippen molar-refractivity contribution in [1.29, 1.82) is 0 Å². The number of hydrogen-bond donors (Lipinski definition) is 0. The van der Waals surface area contributed by atoms with Crippen molar-refractivity contribution >= 4 is 88.4 Å². The molecule has 0 saturated carbocycles. The summed E-state index contributed by atoms with van der Waals surface area (Å²) in [5, 5.41) is 2.32. The van der Waals surface area contributed by atoms with E-state index in [1.165, 1.54) is 16.4 Å². The normalized spacial score (nSPS) is 11.3. The van der Waals surface area contributed by atoms with Gasteiger partial charge in [0.2, 0.25) is 0 Å². The molecule has 306 valence electrons. The molecule has 12 heteroatoms. The second-order valence-corrected chi connectivity index (χ2v) is 16.9. The third-order valence-electron chi connectivity index (χ3n) is 13.1. The molecule has 0 unspecified atom stereocenters. The van der Waals surface area contributed by atoms with Gasteiger partial charge in [0, 0.05) is 44.2 Å². The monoisotopic (exact) mass is 841 g/mol. The van der Waals surface area contributed by atoms with Crippen LogP contribution < -0.4 is 27.3 Å². The molecule has 0 N–H and O–H groups in total.